The third-order valence-electron chi connectivity index (χ3n) is 3.48. The van der Waals surface area contributed by atoms with Crippen molar-refractivity contribution in [2.45, 2.75) is 38.0 Å². The van der Waals surface area contributed by atoms with E-state index in [0.29, 0.717) is 11.4 Å². The zero-order chi connectivity index (χ0) is 16.0. The number of rotatable bonds is 2. The van der Waals surface area contributed by atoms with Crippen LogP contribution in [0.4, 0.5) is 5.82 Å². The van der Waals surface area contributed by atoms with Gasteiger partial charge in [-0.3, -0.25) is 9.69 Å². The maximum absolute atomic E-state index is 12.1. The summed E-state index contributed by atoms with van der Waals surface area (Å²) >= 11 is 0. The molecule has 1 fully saturated rings. The lowest BCUT2D eigenvalue weighted by molar-refractivity contribution is -0.117. The smallest absolute Gasteiger partial charge is 0.229 e. The SMILES string of the molecule is CC(C)(C)n1cc(C#N)cc1N1CC(S(N)(=O)=O)CC1=O. The molecule has 0 aromatic carbocycles. The van der Waals surface area contributed by atoms with E-state index in [-0.39, 0.29) is 24.4 Å². The second-order valence-electron chi connectivity index (χ2n) is 6.16. The molecule has 0 spiro atoms. The quantitative estimate of drug-likeness (QED) is 0.858. The lowest BCUT2D eigenvalue weighted by Gasteiger charge is -2.28. The molecule has 21 heavy (non-hydrogen) atoms. The Hall–Kier alpha value is -1.85. The van der Waals surface area contributed by atoms with Crippen LogP contribution in [0.5, 0.6) is 0 Å². The largest absolute Gasteiger partial charge is 0.328 e. The highest BCUT2D eigenvalue weighted by Gasteiger charge is 2.39. The van der Waals surface area contributed by atoms with Crippen LogP contribution in [-0.4, -0.2) is 30.7 Å². The van der Waals surface area contributed by atoms with Crippen LogP contribution in [-0.2, 0) is 20.4 Å². The van der Waals surface area contributed by atoms with Gasteiger partial charge in [0.05, 0.1) is 5.56 Å². The first kappa shape index (κ1) is 15.5. The number of hydrogen-bond acceptors (Lipinski definition) is 4. The monoisotopic (exact) mass is 310 g/mol. The number of sulfonamides is 1. The standard InChI is InChI=1S/C13H18N4O3S/c1-13(2,3)17-7-9(6-14)4-11(17)16-8-10(5-12(16)18)21(15,19)20/h4,7,10H,5,8H2,1-3H3,(H2,15,19,20). The van der Waals surface area contributed by atoms with Crippen molar-refractivity contribution in [3.05, 3.63) is 17.8 Å². The van der Waals surface area contributed by atoms with Crippen LogP contribution >= 0.6 is 0 Å². The van der Waals surface area contributed by atoms with Gasteiger partial charge in [0.15, 0.2) is 0 Å². The maximum Gasteiger partial charge on any atom is 0.229 e. The number of carbonyl (C=O) groups is 1. The van der Waals surface area contributed by atoms with E-state index in [0.717, 1.165) is 0 Å². The highest BCUT2D eigenvalue weighted by Crippen LogP contribution is 2.30. The van der Waals surface area contributed by atoms with Crippen LogP contribution in [0.2, 0.25) is 0 Å². The first-order valence-electron chi connectivity index (χ1n) is 6.49. The number of hydrogen-bond donors (Lipinski definition) is 1. The molecule has 1 aliphatic rings. The summed E-state index contributed by atoms with van der Waals surface area (Å²) in [7, 11) is -3.76. The van der Waals surface area contributed by atoms with Gasteiger partial charge in [0.1, 0.15) is 17.1 Å². The topological polar surface area (TPSA) is 109 Å². The average molecular weight is 310 g/mol. The molecule has 2 heterocycles. The Bertz CT molecular complexity index is 722. The van der Waals surface area contributed by atoms with Crippen LogP contribution in [0.25, 0.3) is 0 Å². The van der Waals surface area contributed by atoms with Crippen LogP contribution in [0.15, 0.2) is 12.3 Å². The van der Waals surface area contributed by atoms with E-state index in [1.165, 1.54) is 4.90 Å². The summed E-state index contributed by atoms with van der Waals surface area (Å²) in [6.07, 6.45) is 1.53. The Kier molecular flexibility index (Phi) is 3.59. The van der Waals surface area contributed by atoms with Gasteiger partial charge in [-0.25, -0.2) is 13.6 Å². The lowest BCUT2D eigenvalue weighted by Crippen LogP contribution is -2.34. The number of carbonyl (C=O) groups excluding carboxylic acids is 1. The number of aromatic nitrogens is 1. The van der Waals surface area contributed by atoms with Crippen molar-refractivity contribution in [3.8, 4) is 6.07 Å². The summed E-state index contributed by atoms with van der Waals surface area (Å²) < 4.78 is 24.7. The molecule has 114 valence electrons. The number of amides is 1. The fraction of sp³-hybridized carbons (Fsp3) is 0.538. The zero-order valence-corrected chi connectivity index (χ0v) is 13.0. The van der Waals surface area contributed by atoms with Crippen molar-refractivity contribution < 1.29 is 13.2 Å². The molecule has 7 nitrogen and oxygen atoms in total. The summed E-state index contributed by atoms with van der Waals surface area (Å²) in [6, 6.07) is 3.63. The van der Waals surface area contributed by atoms with Crippen LogP contribution in [0.1, 0.15) is 32.8 Å². The molecule has 1 atom stereocenters. The van der Waals surface area contributed by atoms with Crippen molar-refractivity contribution in [2.24, 2.45) is 5.14 Å². The number of anilines is 1. The van der Waals surface area contributed by atoms with Crippen LogP contribution < -0.4 is 10.0 Å². The molecule has 1 saturated heterocycles. The van der Waals surface area contributed by atoms with E-state index >= 15 is 0 Å². The van der Waals surface area contributed by atoms with Crippen molar-refractivity contribution in [3.63, 3.8) is 0 Å². The Morgan fingerprint density at radius 2 is 2.05 bits per heavy atom. The summed E-state index contributed by atoms with van der Waals surface area (Å²) in [5.41, 5.74) is 0.0801. The second-order valence-corrected chi connectivity index (χ2v) is 8.00. The molecule has 1 amide bonds. The molecular weight excluding hydrogens is 292 g/mol. The van der Waals surface area contributed by atoms with Gasteiger partial charge in [-0.05, 0) is 26.8 Å². The molecule has 0 bridgehead atoms. The summed E-state index contributed by atoms with van der Waals surface area (Å²) in [4.78, 5) is 13.5. The van der Waals surface area contributed by atoms with Crippen molar-refractivity contribution >= 4 is 21.7 Å². The first-order valence-corrected chi connectivity index (χ1v) is 8.10. The molecule has 1 aliphatic heterocycles. The van der Waals surface area contributed by atoms with Crippen molar-refractivity contribution in [2.75, 3.05) is 11.4 Å². The number of nitrogens with two attached hydrogens (primary N) is 1. The van der Waals surface area contributed by atoms with Crippen molar-refractivity contribution in [1.29, 1.82) is 5.26 Å². The molecule has 8 heteroatoms. The van der Waals surface area contributed by atoms with Gasteiger partial charge in [0.25, 0.3) is 0 Å². The fourth-order valence-corrected chi connectivity index (χ4v) is 3.11. The molecule has 1 unspecified atom stereocenters. The Morgan fingerprint density at radius 1 is 1.43 bits per heavy atom. The molecule has 0 radical (unpaired) electrons. The molecular formula is C13H18N4O3S. The highest BCUT2D eigenvalue weighted by atomic mass is 32.2. The Labute approximate surface area is 124 Å². The predicted octanol–water partition coefficient (Wildman–Crippen LogP) is 0.509. The van der Waals surface area contributed by atoms with Crippen molar-refractivity contribution in [1.82, 2.24) is 4.57 Å². The average Bonchev–Trinajstić information content (AvgIpc) is 2.90. The third kappa shape index (κ3) is 2.94. The van der Waals surface area contributed by atoms with Crippen LogP contribution in [0.3, 0.4) is 0 Å². The van der Waals surface area contributed by atoms with E-state index in [9.17, 15) is 13.2 Å². The predicted molar refractivity (Wildman–Crippen MR) is 78.0 cm³/mol. The van der Waals surface area contributed by atoms with Crippen LogP contribution in [0, 0.1) is 11.3 Å². The summed E-state index contributed by atoms with van der Waals surface area (Å²) in [5, 5.41) is 13.3. The summed E-state index contributed by atoms with van der Waals surface area (Å²) in [5.74, 6) is 0.220. The minimum Gasteiger partial charge on any atom is -0.328 e. The Balaban J connectivity index is 2.46. The third-order valence-corrected chi connectivity index (χ3v) is 4.73. The number of nitrogens with zero attached hydrogens (tertiary/aromatic N) is 3. The van der Waals surface area contributed by atoms with E-state index < -0.39 is 15.3 Å². The number of primary sulfonamides is 1. The Morgan fingerprint density at radius 3 is 2.48 bits per heavy atom. The molecule has 1 aromatic rings. The van der Waals surface area contributed by atoms with Gasteiger partial charge < -0.3 is 4.57 Å². The molecule has 0 saturated carbocycles. The molecule has 2 N–H and O–H groups in total. The highest BCUT2D eigenvalue weighted by molar-refractivity contribution is 7.89. The fourth-order valence-electron chi connectivity index (χ4n) is 2.37. The van der Waals surface area contributed by atoms with Gasteiger partial charge in [-0.1, -0.05) is 0 Å². The zero-order valence-electron chi connectivity index (χ0n) is 12.2. The van der Waals surface area contributed by atoms with E-state index in [2.05, 4.69) is 0 Å². The maximum atomic E-state index is 12.1. The van der Waals surface area contributed by atoms with Gasteiger partial charge in [-0.2, -0.15) is 5.26 Å². The van der Waals surface area contributed by atoms with E-state index in [4.69, 9.17) is 10.4 Å². The van der Waals surface area contributed by atoms with E-state index in [1.807, 2.05) is 26.8 Å². The minimum absolute atomic E-state index is 0.0165. The van der Waals surface area contributed by atoms with Gasteiger partial charge in [0, 0.05) is 24.7 Å². The van der Waals surface area contributed by atoms with E-state index in [1.54, 1.807) is 16.8 Å². The first-order chi connectivity index (χ1) is 9.54. The van der Waals surface area contributed by atoms with Gasteiger partial charge in [0.2, 0.25) is 15.9 Å². The normalized spacial score (nSPS) is 19.9. The lowest BCUT2D eigenvalue weighted by atomic mass is 10.1. The number of nitriles is 1. The van der Waals surface area contributed by atoms with Gasteiger partial charge >= 0.3 is 0 Å². The van der Waals surface area contributed by atoms with Gasteiger partial charge in [-0.15, -0.1) is 0 Å². The summed E-state index contributed by atoms with van der Waals surface area (Å²) in [6.45, 7) is 5.84. The molecule has 0 aliphatic carbocycles. The second kappa shape index (κ2) is 4.86. The molecule has 2 rings (SSSR count). The molecule has 1 aromatic heterocycles. The minimum atomic E-state index is -3.76.